The summed E-state index contributed by atoms with van der Waals surface area (Å²) < 4.78 is 28.7. The topological polar surface area (TPSA) is 48.0 Å². The van der Waals surface area contributed by atoms with Crippen LogP contribution in [-0.4, -0.2) is 14.3 Å². The van der Waals surface area contributed by atoms with Gasteiger partial charge in [-0.3, -0.25) is 0 Å². The molecule has 1 aromatic heterocycles. The van der Waals surface area contributed by atoms with Gasteiger partial charge in [-0.15, -0.1) is 16.1 Å². The van der Waals surface area contributed by atoms with Crippen molar-refractivity contribution in [2.24, 2.45) is 0 Å². The smallest absolute Gasteiger partial charge is 0.183 e. The zero-order valence-electron chi connectivity index (χ0n) is 12.2. The number of thiazole rings is 1. The molecule has 0 spiro atoms. The normalized spacial score (nSPS) is 14.9. The van der Waals surface area contributed by atoms with E-state index in [0.717, 1.165) is 0 Å². The van der Waals surface area contributed by atoms with Crippen LogP contribution in [0.2, 0.25) is 9.49 Å². The highest BCUT2D eigenvalue weighted by molar-refractivity contribution is 7.90. The van der Waals surface area contributed by atoms with Gasteiger partial charge >= 0.3 is 0 Å². The lowest BCUT2D eigenvalue weighted by Gasteiger charge is -2.27. The minimum Gasteiger partial charge on any atom is -0.598 e. The van der Waals surface area contributed by atoms with Crippen LogP contribution in [0.25, 0.3) is 0 Å². The van der Waals surface area contributed by atoms with E-state index in [1.54, 1.807) is 11.4 Å². The van der Waals surface area contributed by atoms with Gasteiger partial charge in [-0.2, -0.15) is 0 Å². The van der Waals surface area contributed by atoms with Gasteiger partial charge in [-0.25, -0.2) is 9.37 Å². The molecule has 0 saturated carbocycles. The second-order valence-corrected chi connectivity index (χ2v) is 9.48. The van der Waals surface area contributed by atoms with E-state index in [9.17, 15) is 8.94 Å². The van der Waals surface area contributed by atoms with Crippen molar-refractivity contribution >= 4 is 45.9 Å². The summed E-state index contributed by atoms with van der Waals surface area (Å²) in [6, 6.07) is 3.88. The van der Waals surface area contributed by atoms with Crippen molar-refractivity contribution in [1.82, 2.24) is 9.71 Å². The molecule has 22 heavy (non-hydrogen) atoms. The third kappa shape index (κ3) is 4.34. The van der Waals surface area contributed by atoms with Crippen LogP contribution in [-0.2, 0) is 11.4 Å². The molecule has 0 amide bonds. The molecule has 0 bridgehead atoms. The van der Waals surface area contributed by atoms with Crippen molar-refractivity contribution in [2.75, 3.05) is 0 Å². The minimum absolute atomic E-state index is 0.00664. The lowest BCUT2D eigenvalue weighted by molar-refractivity contribution is 0.534. The van der Waals surface area contributed by atoms with E-state index in [1.165, 1.54) is 23.5 Å². The van der Waals surface area contributed by atoms with E-state index >= 15 is 0 Å². The quantitative estimate of drug-likeness (QED) is 0.779. The molecular weight excluding hydrogens is 366 g/mol. The number of hydrogen-bond acceptors (Lipinski definition) is 4. The maximum Gasteiger partial charge on any atom is 0.183 e. The largest absolute Gasteiger partial charge is 0.598 e. The van der Waals surface area contributed by atoms with Crippen molar-refractivity contribution in [1.29, 1.82) is 0 Å². The van der Waals surface area contributed by atoms with Crippen LogP contribution in [0, 0.1) is 5.82 Å². The van der Waals surface area contributed by atoms with Crippen LogP contribution in [0.15, 0.2) is 23.6 Å². The van der Waals surface area contributed by atoms with Crippen molar-refractivity contribution in [2.45, 2.75) is 31.6 Å². The van der Waals surface area contributed by atoms with Crippen molar-refractivity contribution in [3.8, 4) is 0 Å². The van der Waals surface area contributed by atoms with E-state index < -0.39 is 28.0 Å². The first-order valence-corrected chi connectivity index (χ1v) is 9.21. The number of benzene rings is 1. The lowest BCUT2D eigenvalue weighted by atomic mass is 10.1. The average Bonchev–Trinajstić information content (AvgIpc) is 2.84. The number of halogens is 3. The zero-order chi connectivity index (χ0) is 16.5. The standard InChI is InChI=1S/C14H15Cl2FN2OS2/c1-14(2,3)22(20)19-12(11-7-21-13(16)18-11)8-4-5-10(17)9(15)6-8/h4-7,12,19H,1-3H3/t12-,22?/m1/s1. The maximum atomic E-state index is 13.4. The first-order valence-electron chi connectivity index (χ1n) is 6.42. The molecule has 1 aromatic carbocycles. The molecule has 2 atom stereocenters. The fourth-order valence-corrected chi connectivity index (χ4v) is 3.48. The minimum atomic E-state index is -1.34. The van der Waals surface area contributed by atoms with Gasteiger partial charge in [0.25, 0.3) is 0 Å². The average molecular weight is 381 g/mol. The molecule has 0 saturated heterocycles. The molecular formula is C14H15Cl2FN2OS2. The van der Waals surface area contributed by atoms with Gasteiger partial charge in [-0.1, -0.05) is 29.3 Å². The molecule has 0 fully saturated rings. The van der Waals surface area contributed by atoms with E-state index in [2.05, 4.69) is 9.71 Å². The Labute approximate surface area is 146 Å². The summed E-state index contributed by atoms with van der Waals surface area (Å²) in [5, 5.41) is 1.78. The molecule has 2 aromatic rings. The maximum absolute atomic E-state index is 13.4. The number of aromatic nitrogens is 1. The van der Waals surface area contributed by atoms with E-state index in [1.807, 2.05) is 20.8 Å². The molecule has 0 aliphatic heterocycles. The highest BCUT2D eigenvalue weighted by atomic mass is 35.5. The van der Waals surface area contributed by atoms with Crippen LogP contribution >= 0.6 is 34.5 Å². The first kappa shape index (κ1) is 18.0. The van der Waals surface area contributed by atoms with Crippen molar-refractivity contribution < 1.29 is 8.94 Å². The first-order chi connectivity index (χ1) is 10.2. The molecule has 1 unspecified atom stereocenters. The van der Waals surface area contributed by atoms with Crippen LogP contribution < -0.4 is 4.72 Å². The summed E-state index contributed by atoms with van der Waals surface area (Å²) in [5.41, 5.74) is 1.29. The summed E-state index contributed by atoms with van der Waals surface area (Å²) in [5.74, 6) is -0.502. The zero-order valence-corrected chi connectivity index (χ0v) is 15.3. The Hall–Kier alpha value is -0.370. The highest BCUT2D eigenvalue weighted by Crippen LogP contribution is 2.30. The molecule has 3 nitrogen and oxygen atoms in total. The van der Waals surface area contributed by atoms with E-state index in [4.69, 9.17) is 23.2 Å². The Bertz CT molecular complexity index is 661. The summed E-state index contributed by atoms with van der Waals surface area (Å²) in [7, 11) is 0. The molecule has 1 heterocycles. The van der Waals surface area contributed by atoms with Crippen LogP contribution in [0.1, 0.15) is 38.1 Å². The number of nitrogens with one attached hydrogen (secondary N) is 1. The fraction of sp³-hybridized carbons (Fsp3) is 0.357. The van der Waals surface area contributed by atoms with Gasteiger partial charge in [0.15, 0.2) is 4.47 Å². The third-order valence-electron chi connectivity index (χ3n) is 2.85. The molecule has 8 heteroatoms. The molecule has 2 rings (SSSR count). The second-order valence-electron chi connectivity index (χ2n) is 5.63. The second kappa shape index (κ2) is 7.03. The summed E-state index contributed by atoms with van der Waals surface area (Å²) in [4.78, 5) is 4.22. The van der Waals surface area contributed by atoms with Gasteiger partial charge in [-0.05, 0) is 38.5 Å². The molecule has 0 aliphatic carbocycles. The Morgan fingerprint density at radius 1 is 1.36 bits per heavy atom. The van der Waals surface area contributed by atoms with Crippen molar-refractivity contribution in [3.63, 3.8) is 0 Å². The Morgan fingerprint density at radius 2 is 2.05 bits per heavy atom. The van der Waals surface area contributed by atoms with Crippen LogP contribution in [0.5, 0.6) is 0 Å². The van der Waals surface area contributed by atoms with Crippen LogP contribution in [0.4, 0.5) is 4.39 Å². The fourth-order valence-electron chi connectivity index (χ4n) is 1.67. The predicted octanol–water partition coefficient (Wildman–Crippen LogP) is 4.73. The molecule has 0 aliphatic rings. The summed E-state index contributed by atoms with van der Waals surface area (Å²) >= 11 is 11.7. The number of rotatable bonds is 4. The lowest BCUT2D eigenvalue weighted by Crippen LogP contribution is -2.41. The van der Waals surface area contributed by atoms with Gasteiger partial charge < -0.3 is 4.55 Å². The number of nitrogens with zero attached hydrogens (tertiary/aromatic N) is 1. The monoisotopic (exact) mass is 380 g/mol. The van der Waals surface area contributed by atoms with E-state index in [-0.39, 0.29) is 5.02 Å². The van der Waals surface area contributed by atoms with Gasteiger partial charge in [0.1, 0.15) is 16.6 Å². The highest BCUT2D eigenvalue weighted by Gasteiger charge is 2.31. The Kier molecular flexibility index (Phi) is 5.74. The van der Waals surface area contributed by atoms with Gasteiger partial charge in [0.2, 0.25) is 0 Å². The Morgan fingerprint density at radius 3 is 2.55 bits per heavy atom. The molecule has 1 N–H and O–H groups in total. The molecule has 0 radical (unpaired) electrons. The summed E-state index contributed by atoms with van der Waals surface area (Å²) in [6.07, 6.45) is 0. The third-order valence-corrected chi connectivity index (χ3v) is 5.70. The number of hydrogen-bond donors (Lipinski definition) is 1. The SMILES string of the molecule is CC(C)(C)[S+]([O-])N[C@H](c1ccc(F)c(Cl)c1)c1csc(Cl)n1. The van der Waals surface area contributed by atoms with Crippen molar-refractivity contribution in [3.05, 3.63) is 50.1 Å². The van der Waals surface area contributed by atoms with E-state index in [0.29, 0.717) is 15.7 Å². The Balaban J connectivity index is 2.39. The molecule has 120 valence electrons. The van der Waals surface area contributed by atoms with Crippen LogP contribution in [0.3, 0.4) is 0 Å². The van der Waals surface area contributed by atoms with Gasteiger partial charge in [0, 0.05) is 16.7 Å². The summed E-state index contributed by atoms with van der Waals surface area (Å²) in [6.45, 7) is 5.58. The van der Waals surface area contributed by atoms with Gasteiger partial charge in [0.05, 0.1) is 10.7 Å². The predicted molar refractivity (Wildman–Crippen MR) is 91.4 cm³/mol.